The van der Waals surface area contributed by atoms with Crippen LogP contribution in [-0.2, 0) is 18.6 Å². The van der Waals surface area contributed by atoms with Gasteiger partial charge in [-0.1, -0.05) is 171 Å². The molecule has 0 aliphatic rings. The summed E-state index contributed by atoms with van der Waals surface area (Å²) in [6.07, 6.45) is 31.5. The fourth-order valence-electron chi connectivity index (χ4n) is 4.97. The molecule has 0 aliphatic carbocycles. The molecular formula is C33H68BrO5P. The van der Waals surface area contributed by atoms with Gasteiger partial charge in [0.1, 0.15) is 6.10 Å². The van der Waals surface area contributed by atoms with Gasteiger partial charge in [0, 0.05) is 18.5 Å². The fraction of sp³-hybridized carbons (Fsp3) is 1.00. The summed E-state index contributed by atoms with van der Waals surface area (Å²) >= 11 is 3.22. The molecule has 0 spiro atoms. The molecule has 0 bridgehead atoms. The molecule has 0 radical (unpaired) electrons. The Bertz CT molecular complexity index is 537. The van der Waals surface area contributed by atoms with Crippen LogP contribution in [0.25, 0.3) is 0 Å². The van der Waals surface area contributed by atoms with Crippen LogP contribution in [0.3, 0.4) is 0 Å². The molecule has 0 heterocycles. The Balaban J connectivity index is 3.87. The molecule has 1 unspecified atom stereocenters. The highest BCUT2D eigenvalue weighted by Crippen LogP contribution is 2.41. The SMILES string of the molecule is CCCCCCCCCCCCCCOC[C@H](COP(=O)(O)CCBr)OCCCCCCCCCCCCCC. The van der Waals surface area contributed by atoms with Crippen molar-refractivity contribution in [2.75, 3.05) is 37.9 Å². The van der Waals surface area contributed by atoms with E-state index in [0.717, 1.165) is 12.8 Å². The highest BCUT2D eigenvalue weighted by molar-refractivity contribution is 9.09. The molecule has 0 aromatic heterocycles. The van der Waals surface area contributed by atoms with E-state index in [2.05, 4.69) is 29.8 Å². The number of hydrogen-bond acceptors (Lipinski definition) is 4. The van der Waals surface area contributed by atoms with Crippen LogP contribution in [0.2, 0.25) is 0 Å². The van der Waals surface area contributed by atoms with E-state index in [1.54, 1.807) is 0 Å². The van der Waals surface area contributed by atoms with Gasteiger partial charge in [0.2, 0.25) is 0 Å². The Labute approximate surface area is 258 Å². The van der Waals surface area contributed by atoms with E-state index < -0.39 is 7.60 Å². The lowest BCUT2D eigenvalue weighted by atomic mass is 10.1. The van der Waals surface area contributed by atoms with Gasteiger partial charge in [0.15, 0.2) is 0 Å². The van der Waals surface area contributed by atoms with Crippen molar-refractivity contribution in [1.29, 1.82) is 0 Å². The molecule has 1 N–H and O–H groups in total. The van der Waals surface area contributed by atoms with Crippen molar-refractivity contribution in [2.45, 2.75) is 174 Å². The number of rotatable bonds is 34. The average Bonchev–Trinajstić information content (AvgIpc) is 2.93. The van der Waals surface area contributed by atoms with Crippen LogP contribution in [0.5, 0.6) is 0 Å². The van der Waals surface area contributed by atoms with Crippen LogP contribution in [-0.4, -0.2) is 48.9 Å². The molecule has 0 aliphatic heterocycles. The fourth-order valence-corrected chi connectivity index (χ4v) is 7.05. The quantitative estimate of drug-likeness (QED) is 0.0425. The van der Waals surface area contributed by atoms with Crippen molar-refractivity contribution in [3.63, 3.8) is 0 Å². The largest absolute Gasteiger partial charge is 0.379 e. The molecule has 0 amide bonds. The summed E-state index contributed by atoms with van der Waals surface area (Å²) in [5.74, 6) is 0. The third-order valence-electron chi connectivity index (χ3n) is 7.63. The van der Waals surface area contributed by atoms with Crippen molar-refractivity contribution in [2.24, 2.45) is 0 Å². The second-order valence-corrected chi connectivity index (χ2v) is 14.5. The van der Waals surface area contributed by atoms with Crippen molar-refractivity contribution in [3.8, 4) is 0 Å². The summed E-state index contributed by atoms with van der Waals surface area (Å²) in [5, 5.41) is 0.445. The zero-order valence-corrected chi connectivity index (χ0v) is 29.2. The Morgan fingerprint density at radius 3 is 1.35 bits per heavy atom. The van der Waals surface area contributed by atoms with Gasteiger partial charge in [-0.25, -0.2) is 0 Å². The lowest BCUT2D eigenvalue weighted by Crippen LogP contribution is -2.26. The maximum Gasteiger partial charge on any atom is 0.329 e. The highest BCUT2D eigenvalue weighted by Gasteiger charge is 2.21. The predicted octanol–water partition coefficient (Wildman–Crippen LogP) is 11.4. The highest BCUT2D eigenvalue weighted by atomic mass is 79.9. The van der Waals surface area contributed by atoms with Gasteiger partial charge in [-0.2, -0.15) is 0 Å². The van der Waals surface area contributed by atoms with Gasteiger partial charge in [-0.05, 0) is 12.8 Å². The summed E-state index contributed by atoms with van der Waals surface area (Å²) in [6.45, 7) is 6.44. The van der Waals surface area contributed by atoms with Crippen LogP contribution >= 0.6 is 23.5 Å². The van der Waals surface area contributed by atoms with E-state index in [0.29, 0.717) is 25.2 Å². The molecular weight excluding hydrogens is 587 g/mol. The first-order chi connectivity index (χ1) is 19.6. The predicted molar refractivity (Wildman–Crippen MR) is 177 cm³/mol. The van der Waals surface area contributed by atoms with Gasteiger partial charge in [0.25, 0.3) is 0 Å². The van der Waals surface area contributed by atoms with Gasteiger partial charge >= 0.3 is 7.60 Å². The molecule has 0 fully saturated rings. The van der Waals surface area contributed by atoms with E-state index in [9.17, 15) is 9.46 Å². The zero-order chi connectivity index (χ0) is 29.4. The first-order valence-electron chi connectivity index (χ1n) is 17.3. The van der Waals surface area contributed by atoms with E-state index >= 15 is 0 Å². The van der Waals surface area contributed by atoms with E-state index in [1.807, 2.05) is 0 Å². The van der Waals surface area contributed by atoms with Crippen molar-refractivity contribution >= 4 is 23.5 Å². The standard InChI is InChI=1S/C33H68BrO5P/c1-3-5-7-9-11-13-15-17-19-21-23-25-28-37-31-33(32-39-40(35,36)30-27-34)38-29-26-24-22-20-18-16-14-12-10-8-6-4-2/h33H,3-32H2,1-2H3,(H,35,36)/t33-/m1/s1. The molecule has 0 aromatic rings. The number of alkyl halides is 1. The summed E-state index contributed by atoms with van der Waals surface area (Å²) in [4.78, 5) is 9.95. The molecule has 40 heavy (non-hydrogen) atoms. The molecule has 0 saturated carbocycles. The lowest BCUT2D eigenvalue weighted by molar-refractivity contribution is -0.0402. The Morgan fingerprint density at radius 2 is 0.950 bits per heavy atom. The lowest BCUT2D eigenvalue weighted by Gasteiger charge is -2.20. The van der Waals surface area contributed by atoms with Crippen molar-refractivity contribution in [1.82, 2.24) is 0 Å². The topological polar surface area (TPSA) is 65.0 Å². The summed E-state index contributed by atoms with van der Waals surface area (Å²) in [5.41, 5.74) is 0. The van der Waals surface area contributed by atoms with E-state index in [4.69, 9.17) is 14.0 Å². The minimum atomic E-state index is -3.57. The molecule has 242 valence electrons. The maximum absolute atomic E-state index is 12.1. The maximum atomic E-state index is 12.1. The minimum absolute atomic E-state index is 0.109. The zero-order valence-electron chi connectivity index (χ0n) is 26.7. The first-order valence-corrected chi connectivity index (χ1v) is 20.2. The van der Waals surface area contributed by atoms with E-state index in [-0.39, 0.29) is 18.9 Å². The van der Waals surface area contributed by atoms with Crippen LogP contribution in [0.15, 0.2) is 0 Å². The van der Waals surface area contributed by atoms with Gasteiger partial charge < -0.3 is 18.9 Å². The molecule has 5 nitrogen and oxygen atoms in total. The van der Waals surface area contributed by atoms with Crippen LogP contribution in [0.1, 0.15) is 168 Å². The van der Waals surface area contributed by atoms with Crippen LogP contribution in [0.4, 0.5) is 0 Å². The molecule has 0 saturated heterocycles. The summed E-state index contributed by atoms with van der Waals surface area (Å²) in [7, 11) is -3.57. The Kier molecular flexibility index (Phi) is 32.9. The Hall–Kier alpha value is 0.550. The number of ether oxygens (including phenoxy) is 2. The van der Waals surface area contributed by atoms with Crippen molar-refractivity contribution < 1.29 is 23.5 Å². The summed E-state index contributed by atoms with van der Waals surface area (Å²) in [6, 6.07) is 0. The first kappa shape index (κ1) is 40.5. The molecule has 2 atom stereocenters. The average molecular weight is 656 g/mol. The number of hydrogen-bond donors (Lipinski definition) is 1. The molecule has 7 heteroatoms. The normalized spacial score (nSPS) is 14.0. The number of unbranched alkanes of at least 4 members (excludes halogenated alkanes) is 22. The van der Waals surface area contributed by atoms with Gasteiger partial charge in [0.05, 0.1) is 19.4 Å². The second kappa shape index (κ2) is 32.5. The molecule has 0 aromatic carbocycles. The second-order valence-electron chi connectivity index (χ2n) is 11.7. The summed E-state index contributed by atoms with van der Waals surface area (Å²) < 4.78 is 29.4. The van der Waals surface area contributed by atoms with Crippen molar-refractivity contribution in [3.05, 3.63) is 0 Å². The smallest absolute Gasteiger partial charge is 0.329 e. The Morgan fingerprint density at radius 1 is 0.575 bits per heavy atom. The molecule has 0 rings (SSSR count). The minimum Gasteiger partial charge on any atom is -0.379 e. The van der Waals surface area contributed by atoms with Gasteiger partial charge in [-0.3, -0.25) is 4.57 Å². The van der Waals surface area contributed by atoms with Crippen LogP contribution < -0.4 is 0 Å². The van der Waals surface area contributed by atoms with E-state index in [1.165, 1.54) is 141 Å². The third kappa shape index (κ3) is 31.5. The van der Waals surface area contributed by atoms with Gasteiger partial charge in [-0.15, -0.1) is 0 Å². The number of halogens is 1. The van der Waals surface area contributed by atoms with Crippen LogP contribution in [0, 0.1) is 0 Å². The monoisotopic (exact) mass is 654 g/mol. The third-order valence-corrected chi connectivity index (χ3v) is 9.98.